The van der Waals surface area contributed by atoms with Gasteiger partial charge in [-0.25, -0.2) is 0 Å². The first-order chi connectivity index (χ1) is 28.5. The zero-order valence-corrected chi connectivity index (χ0v) is 36.3. The molecule has 0 atom stereocenters. The summed E-state index contributed by atoms with van der Waals surface area (Å²) in [6, 6.07) is 61.3. The Labute approximate surface area is 353 Å². The number of hydrogen-bond donors (Lipinski definition) is 0. The van der Waals surface area contributed by atoms with Crippen LogP contribution in [0, 0.1) is 62.3 Å². The average molecular weight is 768 g/mol. The predicted molar refractivity (Wildman–Crippen MR) is 256 cm³/mol. The number of para-hydroxylation sites is 1. The molecule has 1 aliphatic carbocycles. The fraction of sp³-hybridized carbons (Fsp3) is 0.172. The molecule has 294 valence electrons. The van der Waals surface area contributed by atoms with Crippen molar-refractivity contribution in [3.63, 3.8) is 0 Å². The quantitative estimate of drug-likeness (QED) is 0.169. The highest BCUT2D eigenvalue weighted by Gasteiger charge is 2.23. The lowest BCUT2D eigenvalue weighted by Gasteiger charge is -2.30. The largest absolute Gasteiger partial charge is 0.310 e. The number of nitrogens with zero attached hydrogens (tertiary/aromatic N) is 1. The average Bonchev–Trinajstić information content (AvgIpc) is 3.60. The fourth-order valence-electron chi connectivity index (χ4n) is 8.24. The van der Waals surface area contributed by atoms with Crippen LogP contribution in [0.4, 0.5) is 17.1 Å². The Morgan fingerprint density at radius 2 is 0.746 bits per heavy atom. The first kappa shape index (κ1) is 40.7. The summed E-state index contributed by atoms with van der Waals surface area (Å²) < 4.78 is 0. The second kappa shape index (κ2) is 18.0. The summed E-state index contributed by atoms with van der Waals surface area (Å²) in [6.07, 6.45) is 1.01. The monoisotopic (exact) mass is 767 g/mol. The maximum atomic E-state index is 2.44. The third-order valence-corrected chi connectivity index (χ3v) is 12.1. The maximum absolute atomic E-state index is 2.44. The van der Waals surface area contributed by atoms with Crippen LogP contribution in [0.3, 0.4) is 0 Å². The Bertz CT molecular complexity index is 2730. The molecule has 0 bridgehead atoms. The minimum Gasteiger partial charge on any atom is -0.310 e. The van der Waals surface area contributed by atoms with Gasteiger partial charge < -0.3 is 4.90 Å². The lowest BCUT2D eigenvalue weighted by atomic mass is 9.94. The fourth-order valence-corrected chi connectivity index (χ4v) is 8.24. The van der Waals surface area contributed by atoms with Crippen molar-refractivity contribution in [1.29, 1.82) is 0 Å². The van der Waals surface area contributed by atoms with Crippen LogP contribution in [-0.2, 0) is 6.42 Å². The van der Waals surface area contributed by atoms with E-state index in [4.69, 9.17) is 0 Å². The standard InChI is InChI=1S/C35H31N.C15H16.C8H10/c1-23-16-17-27-21-28-18-19-29(22-33(28)32(27)20-23)36(34-14-8-6-11-25(34)3)35-15-9-13-31(26(35)4)30-12-7-5-10-24(30)2;1-11-8-6-10-15(13(11)3)14-9-5-4-7-12(14)2;1-7-5-3-4-6-8(7)2/h5-20,22H,21H2,1-4H3;4-10H,1-3H3;3-6H,1-2H3. The lowest BCUT2D eigenvalue weighted by molar-refractivity contribution is 1.21. The Balaban J connectivity index is 0.000000187. The minimum absolute atomic E-state index is 1.01. The molecule has 0 unspecified atom stereocenters. The van der Waals surface area contributed by atoms with Crippen molar-refractivity contribution < 1.29 is 0 Å². The van der Waals surface area contributed by atoms with Gasteiger partial charge in [-0.15, -0.1) is 0 Å². The van der Waals surface area contributed by atoms with Crippen LogP contribution in [0.1, 0.15) is 61.2 Å². The lowest BCUT2D eigenvalue weighted by Crippen LogP contribution is -2.13. The molecule has 0 radical (unpaired) electrons. The van der Waals surface area contributed by atoms with Crippen LogP contribution in [-0.4, -0.2) is 0 Å². The molecular formula is C58H57N. The van der Waals surface area contributed by atoms with Crippen LogP contribution in [0.25, 0.3) is 33.4 Å². The zero-order chi connectivity index (χ0) is 41.6. The molecule has 0 aromatic heterocycles. The van der Waals surface area contributed by atoms with E-state index < -0.39 is 0 Å². The van der Waals surface area contributed by atoms with E-state index in [-0.39, 0.29) is 0 Å². The SMILES string of the molecule is Cc1ccc2c(c1)-c1cc(N(c3ccccc3C)c3cccc(-c4ccccc4C)c3C)ccc1C2.Cc1ccccc1-c1cccc(C)c1C.Cc1ccccc1C. The van der Waals surface area contributed by atoms with Crippen molar-refractivity contribution in [1.82, 2.24) is 0 Å². The highest BCUT2D eigenvalue weighted by molar-refractivity contribution is 5.88. The van der Waals surface area contributed by atoms with Gasteiger partial charge in [-0.2, -0.15) is 0 Å². The van der Waals surface area contributed by atoms with Gasteiger partial charge in [-0.1, -0.05) is 151 Å². The van der Waals surface area contributed by atoms with E-state index in [0.717, 1.165) is 6.42 Å². The van der Waals surface area contributed by atoms with Gasteiger partial charge >= 0.3 is 0 Å². The normalized spacial score (nSPS) is 11.1. The number of hydrogen-bond acceptors (Lipinski definition) is 1. The van der Waals surface area contributed by atoms with Gasteiger partial charge in [0, 0.05) is 17.1 Å². The van der Waals surface area contributed by atoms with Crippen molar-refractivity contribution in [2.75, 3.05) is 4.90 Å². The maximum Gasteiger partial charge on any atom is 0.0497 e. The van der Waals surface area contributed by atoms with Crippen LogP contribution >= 0.6 is 0 Å². The first-order valence-corrected chi connectivity index (χ1v) is 20.9. The second-order valence-electron chi connectivity index (χ2n) is 16.2. The number of fused-ring (bicyclic) bond motifs is 3. The van der Waals surface area contributed by atoms with Gasteiger partial charge in [0.2, 0.25) is 0 Å². The van der Waals surface area contributed by atoms with Crippen LogP contribution in [0.2, 0.25) is 0 Å². The van der Waals surface area contributed by atoms with E-state index >= 15 is 0 Å². The van der Waals surface area contributed by atoms with Crippen LogP contribution in [0.15, 0.2) is 170 Å². The van der Waals surface area contributed by atoms with E-state index in [1.165, 1.54) is 112 Å². The Hall–Kier alpha value is -6.44. The van der Waals surface area contributed by atoms with E-state index in [1.54, 1.807) is 0 Å². The summed E-state index contributed by atoms with van der Waals surface area (Å²) in [4.78, 5) is 2.44. The zero-order valence-electron chi connectivity index (χ0n) is 36.3. The van der Waals surface area contributed by atoms with Gasteiger partial charge in [-0.3, -0.25) is 0 Å². The molecule has 9 rings (SSSR count). The molecule has 0 saturated heterocycles. The molecule has 59 heavy (non-hydrogen) atoms. The highest BCUT2D eigenvalue weighted by Crippen LogP contribution is 2.45. The summed E-state index contributed by atoms with van der Waals surface area (Å²) >= 11 is 0. The Morgan fingerprint density at radius 3 is 1.32 bits per heavy atom. The molecule has 1 aliphatic rings. The predicted octanol–water partition coefficient (Wildman–Crippen LogP) is 16.2. The number of rotatable bonds is 5. The van der Waals surface area contributed by atoms with Crippen molar-refractivity contribution in [2.24, 2.45) is 0 Å². The molecule has 0 saturated carbocycles. The van der Waals surface area contributed by atoms with E-state index in [9.17, 15) is 0 Å². The molecule has 8 aromatic carbocycles. The molecule has 0 N–H and O–H groups in total. The Morgan fingerprint density at radius 1 is 0.305 bits per heavy atom. The third-order valence-electron chi connectivity index (χ3n) is 12.1. The van der Waals surface area contributed by atoms with Gasteiger partial charge in [0.05, 0.1) is 0 Å². The number of benzene rings is 8. The summed E-state index contributed by atoms with van der Waals surface area (Å²) in [5.41, 5.74) is 26.4. The molecule has 0 spiro atoms. The minimum atomic E-state index is 1.01. The van der Waals surface area contributed by atoms with Gasteiger partial charge in [0.15, 0.2) is 0 Å². The number of anilines is 3. The smallest absolute Gasteiger partial charge is 0.0497 e. The molecule has 1 heteroatoms. The van der Waals surface area contributed by atoms with Crippen molar-refractivity contribution in [2.45, 2.75) is 68.7 Å². The summed E-state index contributed by atoms with van der Waals surface area (Å²) in [5.74, 6) is 0. The third kappa shape index (κ3) is 8.86. The molecule has 8 aromatic rings. The summed E-state index contributed by atoms with van der Waals surface area (Å²) in [7, 11) is 0. The van der Waals surface area contributed by atoms with Gasteiger partial charge in [-0.05, 0) is 182 Å². The molecule has 0 amide bonds. The van der Waals surface area contributed by atoms with Crippen LogP contribution in [0.5, 0.6) is 0 Å². The molecule has 1 nitrogen and oxygen atoms in total. The highest BCUT2D eigenvalue weighted by atomic mass is 15.1. The summed E-state index contributed by atoms with van der Waals surface area (Å²) in [6.45, 7) is 19.6. The van der Waals surface area contributed by atoms with Crippen molar-refractivity contribution in [3.8, 4) is 33.4 Å². The van der Waals surface area contributed by atoms with Gasteiger partial charge in [0.1, 0.15) is 0 Å². The second-order valence-corrected chi connectivity index (χ2v) is 16.2. The summed E-state index contributed by atoms with van der Waals surface area (Å²) in [5, 5.41) is 0. The van der Waals surface area contributed by atoms with Crippen molar-refractivity contribution in [3.05, 3.63) is 231 Å². The van der Waals surface area contributed by atoms with E-state index in [2.05, 4.69) is 237 Å². The molecule has 0 heterocycles. The van der Waals surface area contributed by atoms with Gasteiger partial charge in [0.25, 0.3) is 0 Å². The van der Waals surface area contributed by atoms with Crippen molar-refractivity contribution >= 4 is 17.1 Å². The Kier molecular flexibility index (Phi) is 12.4. The van der Waals surface area contributed by atoms with E-state index in [1.807, 2.05) is 0 Å². The molecule has 0 fully saturated rings. The molecular weight excluding hydrogens is 711 g/mol. The first-order valence-electron chi connectivity index (χ1n) is 20.9. The topological polar surface area (TPSA) is 3.24 Å². The molecule has 0 aliphatic heterocycles. The van der Waals surface area contributed by atoms with E-state index in [0.29, 0.717) is 0 Å². The van der Waals surface area contributed by atoms with Crippen LogP contribution < -0.4 is 4.90 Å². The number of aryl methyl sites for hydroxylation is 7.